The molecule has 19 heavy (non-hydrogen) atoms. The van der Waals surface area contributed by atoms with Crippen molar-refractivity contribution in [3.05, 3.63) is 35.3 Å². The molecule has 0 aliphatic heterocycles. The van der Waals surface area contributed by atoms with E-state index in [-0.39, 0.29) is 0 Å². The monoisotopic (exact) mass is 276 g/mol. The molecule has 4 heteroatoms. The maximum Gasteiger partial charge on any atom is 0.123 e. The quantitative estimate of drug-likeness (QED) is 0.876. The number of ether oxygens (including phenoxy) is 1. The number of thiazole rings is 1. The molecule has 102 valence electrons. The van der Waals surface area contributed by atoms with E-state index in [0.717, 1.165) is 29.5 Å². The zero-order valence-electron chi connectivity index (χ0n) is 11.6. The van der Waals surface area contributed by atoms with E-state index in [2.05, 4.69) is 36.3 Å². The highest BCUT2D eigenvalue weighted by atomic mass is 32.1. The van der Waals surface area contributed by atoms with Crippen molar-refractivity contribution in [3.63, 3.8) is 0 Å². The van der Waals surface area contributed by atoms with Gasteiger partial charge in [-0.2, -0.15) is 0 Å². The first-order valence-corrected chi connectivity index (χ1v) is 7.33. The molecule has 1 heterocycles. The van der Waals surface area contributed by atoms with Crippen molar-refractivity contribution in [1.82, 2.24) is 10.3 Å². The Morgan fingerprint density at radius 2 is 2.00 bits per heavy atom. The topological polar surface area (TPSA) is 34.2 Å². The second-order valence-electron chi connectivity index (χ2n) is 4.89. The van der Waals surface area contributed by atoms with Gasteiger partial charge in [0, 0.05) is 23.2 Å². The summed E-state index contributed by atoms with van der Waals surface area (Å²) in [7, 11) is 1.94. The number of nitrogens with one attached hydrogen (secondary N) is 1. The van der Waals surface area contributed by atoms with E-state index in [0.29, 0.717) is 5.92 Å². The van der Waals surface area contributed by atoms with Gasteiger partial charge in [0.15, 0.2) is 0 Å². The summed E-state index contributed by atoms with van der Waals surface area (Å²) < 4.78 is 5.68. The fraction of sp³-hybridized carbons (Fsp3) is 0.400. The van der Waals surface area contributed by atoms with E-state index in [9.17, 15) is 0 Å². The lowest BCUT2D eigenvalue weighted by Gasteiger charge is -2.08. The minimum atomic E-state index is 0.544. The summed E-state index contributed by atoms with van der Waals surface area (Å²) in [4.78, 5) is 5.69. The van der Waals surface area contributed by atoms with E-state index < -0.39 is 0 Å². The molecule has 0 saturated carbocycles. The van der Waals surface area contributed by atoms with E-state index >= 15 is 0 Å². The lowest BCUT2D eigenvalue weighted by molar-refractivity contribution is 0.271. The second kappa shape index (κ2) is 6.68. The number of rotatable bonds is 6. The van der Waals surface area contributed by atoms with Crippen molar-refractivity contribution >= 4 is 11.3 Å². The van der Waals surface area contributed by atoms with Gasteiger partial charge in [0.05, 0.1) is 6.61 Å². The van der Waals surface area contributed by atoms with Gasteiger partial charge in [-0.3, -0.25) is 0 Å². The predicted molar refractivity (Wildman–Crippen MR) is 80.6 cm³/mol. The molecular weight excluding hydrogens is 256 g/mol. The van der Waals surface area contributed by atoms with Gasteiger partial charge in [-0.15, -0.1) is 11.3 Å². The molecule has 0 atom stereocenters. The van der Waals surface area contributed by atoms with Gasteiger partial charge in [0.25, 0.3) is 0 Å². The van der Waals surface area contributed by atoms with Crippen molar-refractivity contribution in [2.75, 3.05) is 13.7 Å². The van der Waals surface area contributed by atoms with Crippen LogP contribution >= 0.6 is 11.3 Å². The Morgan fingerprint density at radius 3 is 2.63 bits per heavy atom. The standard InChI is InChI=1S/C15H20N2OS/c1-11(2)10-18-13-6-4-12(5-7-13)15-17-9-14(19-15)8-16-3/h4-7,9,11,16H,8,10H2,1-3H3. The van der Waals surface area contributed by atoms with Gasteiger partial charge in [0.2, 0.25) is 0 Å². The number of hydrogen-bond donors (Lipinski definition) is 1. The molecule has 0 aliphatic rings. The number of benzene rings is 1. The largest absolute Gasteiger partial charge is 0.493 e. The summed E-state index contributed by atoms with van der Waals surface area (Å²) in [5.74, 6) is 1.46. The van der Waals surface area contributed by atoms with Crippen LogP contribution in [0.1, 0.15) is 18.7 Å². The molecule has 3 nitrogen and oxygen atoms in total. The van der Waals surface area contributed by atoms with Crippen molar-refractivity contribution in [1.29, 1.82) is 0 Å². The molecule has 0 unspecified atom stereocenters. The third kappa shape index (κ3) is 4.04. The van der Waals surface area contributed by atoms with Crippen molar-refractivity contribution < 1.29 is 4.74 Å². The first-order valence-electron chi connectivity index (χ1n) is 6.51. The molecule has 1 aromatic carbocycles. The van der Waals surface area contributed by atoms with Crippen LogP contribution in [0.5, 0.6) is 5.75 Å². The SMILES string of the molecule is CNCc1cnc(-c2ccc(OCC(C)C)cc2)s1. The van der Waals surface area contributed by atoms with Crippen molar-refractivity contribution in [3.8, 4) is 16.3 Å². The Labute approximate surface area is 118 Å². The van der Waals surface area contributed by atoms with Gasteiger partial charge in [-0.05, 0) is 37.2 Å². The second-order valence-corrected chi connectivity index (χ2v) is 6.01. The van der Waals surface area contributed by atoms with E-state index in [1.54, 1.807) is 11.3 Å². The van der Waals surface area contributed by atoms with Crippen molar-refractivity contribution in [2.24, 2.45) is 5.92 Å². The van der Waals surface area contributed by atoms with Crippen LogP contribution in [-0.4, -0.2) is 18.6 Å². The normalized spacial score (nSPS) is 10.9. The molecular formula is C15H20N2OS. The molecule has 2 aromatic rings. The maximum atomic E-state index is 5.68. The van der Waals surface area contributed by atoms with Crippen LogP contribution < -0.4 is 10.1 Å². The fourth-order valence-corrected chi connectivity index (χ4v) is 2.58. The van der Waals surface area contributed by atoms with E-state index in [1.807, 2.05) is 25.4 Å². The third-order valence-electron chi connectivity index (χ3n) is 2.59. The Morgan fingerprint density at radius 1 is 1.26 bits per heavy atom. The highest BCUT2D eigenvalue weighted by molar-refractivity contribution is 7.15. The molecule has 0 saturated heterocycles. The third-order valence-corrected chi connectivity index (χ3v) is 3.64. The van der Waals surface area contributed by atoms with E-state index in [4.69, 9.17) is 4.74 Å². The lowest BCUT2D eigenvalue weighted by Crippen LogP contribution is -2.04. The zero-order valence-corrected chi connectivity index (χ0v) is 12.5. The van der Waals surface area contributed by atoms with Crippen LogP contribution in [-0.2, 0) is 6.54 Å². The van der Waals surface area contributed by atoms with E-state index in [1.165, 1.54) is 4.88 Å². The first kappa shape index (κ1) is 14.0. The van der Waals surface area contributed by atoms with Crippen LogP contribution in [0.15, 0.2) is 30.5 Å². The highest BCUT2D eigenvalue weighted by Crippen LogP contribution is 2.26. The highest BCUT2D eigenvalue weighted by Gasteiger charge is 2.05. The zero-order chi connectivity index (χ0) is 13.7. The summed E-state index contributed by atoms with van der Waals surface area (Å²) in [5, 5.41) is 4.19. The summed E-state index contributed by atoms with van der Waals surface area (Å²) in [6, 6.07) is 8.16. The summed E-state index contributed by atoms with van der Waals surface area (Å²) in [6.45, 7) is 5.91. The van der Waals surface area contributed by atoms with Crippen LogP contribution in [0.2, 0.25) is 0 Å². The van der Waals surface area contributed by atoms with Gasteiger partial charge in [-0.1, -0.05) is 13.8 Å². The molecule has 0 radical (unpaired) electrons. The van der Waals surface area contributed by atoms with Crippen LogP contribution in [0.4, 0.5) is 0 Å². The summed E-state index contributed by atoms with van der Waals surface area (Å²) in [6.07, 6.45) is 1.93. The molecule has 0 amide bonds. The summed E-state index contributed by atoms with van der Waals surface area (Å²) >= 11 is 1.72. The minimum absolute atomic E-state index is 0.544. The van der Waals surface area contributed by atoms with Gasteiger partial charge < -0.3 is 10.1 Å². The smallest absolute Gasteiger partial charge is 0.123 e. The minimum Gasteiger partial charge on any atom is -0.493 e. The van der Waals surface area contributed by atoms with Crippen LogP contribution in [0.3, 0.4) is 0 Å². The van der Waals surface area contributed by atoms with Crippen LogP contribution in [0, 0.1) is 5.92 Å². The molecule has 0 fully saturated rings. The fourth-order valence-electron chi connectivity index (χ4n) is 1.65. The number of aromatic nitrogens is 1. The molecule has 0 aliphatic carbocycles. The number of hydrogen-bond acceptors (Lipinski definition) is 4. The molecule has 0 spiro atoms. The number of nitrogens with zero attached hydrogens (tertiary/aromatic N) is 1. The molecule has 1 aromatic heterocycles. The van der Waals surface area contributed by atoms with Gasteiger partial charge >= 0.3 is 0 Å². The molecule has 0 bridgehead atoms. The average molecular weight is 276 g/mol. The predicted octanol–water partition coefficient (Wildman–Crippen LogP) is 3.56. The average Bonchev–Trinajstić information content (AvgIpc) is 2.86. The maximum absolute atomic E-state index is 5.68. The lowest BCUT2D eigenvalue weighted by atomic mass is 10.2. The Bertz CT molecular complexity index is 505. The van der Waals surface area contributed by atoms with Gasteiger partial charge in [0.1, 0.15) is 10.8 Å². The van der Waals surface area contributed by atoms with Crippen LogP contribution in [0.25, 0.3) is 10.6 Å². The molecule has 2 rings (SSSR count). The van der Waals surface area contributed by atoms with Crippen molar-refractivity contribution in [2.45, 2.75) is 20.4 Å². The van der Waals surface area contributed by atoms with Gasteiger partial charge in [-0.25, -0.2) is 4.98 Å². The first-order chi connectivity index (χ1) is 9.19. The summed E-state index contributed by atoms with van der Waals surface area (Å²) in [5.41, 5.74) is 1.14. The Hall–Kier alpha value is -1.39. The Kier molecular flexibility index (Phi) is 4.93. The molecule has 1 N–H and O–H groups in total. The Balaban J connectivity index is 2.04.